The molecule has 1 aromatic carbocycles. The highest BCUT2D eigenvalue weighted by molar-refractivity contribution is 5.96. The molecule has 146 valence electrons. The number of hydrogen-bond acceptors (Lipinski definition) is 6. The zero-order chi connectivity index (χ0) is 19.6. The molecule has 1 unspecified atom stereocenters. The summed E-state index contributed by atoms with van der Waals surface area (Å²) in [4.78, 5) is 23.7. The second-order valence-electron chi connectivity index (χ2n) is 6.14. The molecule has 0 bridgehead atoms. The minimum absolute atomic E-state index is 0.175. The van der Waals surface area contributed by atoms with Gasteiger partial charge >= 0.3 is 6.18 Å². The maximum atomic E-state index is 13.3. The normalized spacial score (nSPS) is 17.0. The van der Waals surface area contributed by atoms with Crippen LogP contribution in [0.2, 0.25) is 0 Å². The van der Waals surface area contributed by atoms with Crippen LogP contribution < -0.4 is 10.6 Å². The largest absolute Gasteiger partial charge is 0.451 e. The number of nitro groups is 1. The molecule has 1 atom stereocenters. The quantitative estimate of drug-likeness (QED) is 0.601. The predicted octanol–water partition coefficient (Wildman–Crippen LogP) is 1.91. The minimum atomic E-state index is -4.49. The van der Waals surface area contributed by atoms with Crippen LogP contribution in [-0.2, 0) is 0 Å². The van der Waals surface area contributed by atoms with Crippen molar-refractivity contribution in [2.24, 2.45) is 0 Å². The Morgan fingerprint density at radius 3 is 2.67 bits per heavy atom. The molecule has 2 N–H and O–H groups in total. The second kappa shape index (κ2) is 7.53. The first-order valence-corrected chi connectivity index (χ1v) is 8.23. The third kappa shape index (κ3) is 4.37. The van der Waals surface area contributed by atoms with Gasteiger partial charge in [-0.05, 0) is 12.1 Å². The summed E-state index contributed by atoms with van der Waals surface area (Å²) in [6.45, 7) is 0.744. The molecule has 1 saturated heterocycles. The van der Waals surface area contributed by atoms with Crippen molar-refractivity contribution in [3.8, 4) is 0 Å². The number of halogens is 3. The van der Waals surface area contributed by atoms with Gasteiger partial charge in [0.25, 0.3) is 11.6 Å². The van der Waals surface area contributed by atoms with E-state index in [-0.39, 0.29) is 30.1 Å². The third-order valence-electron chi connectivity index (χ3n) is 4.36. The van der Waals surface area contributed by atoms with E-state index in [4.69, 9.17) is 4.42 Å². The first-order chi connectivity index (χ1) is 12.8. The average molecular weight is 386 g/mol. The van der Waals surface area contributed by atoms with Crippen molar-refractivity contribution in [1.82, 2.24) is 15.5 Å². The molecule has 0 saturated carbocycles. The number of furan rings is 1. The van der Waals surface area contributed by atoms with Gasteiger partial charge in [-0.25, -0.2) is 0 Å². The van der Waals surface area contributed by atoms with E-state index >= 15 is 0 Å². The van der Waals surface area contributed by atoms with Crippen LogP contribution in [0.25, 0.3) is 11.0 Å². The van der Waals surface area contributed by atoms with Crippen molar-refractivity contribution in [2.45, 2.75) is 12.2 Å². The lowest BCUT2D eigenvalue weighted by Crippen LogP contribution is -2.57. The van der Waals surface area contributed by atoms with Crippen LogP contribution in [-0.4, -0.2) is 60.7 Å². The average Bonchev–Trinajstić information content (AvgIpc) is 3.04. The number of piperazine rings is 1. The molecule has 1 aliphatic heterocycles. The molecule has 0 spiro atoms. The summed E-state index contributed by atoms with van der Waals surface area (Å²) in [7, 11) is 0. The highest BCUT2D eigenvalue weighted by Crippen LogP contribution is 2.26. The molecule has 2 heterocycles. The molecular weight excluding hydrogens is 369 g/mol. The Bertz CT molecular complexity index is 846. The summed E-state index contributed by atoms with van der Waals surface area (Å²) >= 11 is 0. The van der Waals surface area contributed by atoms with E-state index in [2.05, 4.69) is 10.6 Å². The summed E-state index contributed by atoms with van der Waals surface area (Å²) in [5, 5.41) is 16.3. The first kappa shape index (κ1) is 19.1. The van der Waals surface area contributed by atoms with Crippen LogP contribution in [0.4, 0.5) is 18.9 Å². The van der Waals surface area contributed by atoms with Crippen molar-refractivity contribution in [1.29, 1.82) is 0 Å². The predicted molar refractivity (Wildman–Crippen MR) is 89.5 cm³/mol. The number of nitro benzene ring substituents is 1. The number of rotatable bonds is 5. The molecule has 11 heteroatoms. The topological polar surface area (TPSA) is 101 Å². The molecule has 0 aliphatic carbocycles. The SMILES string of the molecule is O=C(NCC(N1CCNCC1)C(F)(F)F)c1cc2cc([N+](=O)[O-])ccc2o1. The highest BCUT2D eigenvalue weighted by Gasteiger charge is 2.43. The Morgan fingerprint density at radius 1 is 1.33 bits per heavy atom. The van der Waals surface area contributed by atoms with Gasteiger partial charge < -0.3 is 15.1 Å². The number of hydrogen-bond donors (Lipinski definition) is 2. The van der Waals surface area contributed by atoms with E-state index in [0.717, 1.165) is 0 Å². The van der Waals surface area contributed by atoms with Gasteiger partial charge in [0.15, 0.2) is 5.76 Å². The smallest absolute Gasteiger partial charge is 0.405 e. The summed E-state index contributed by atoms with van der Waals surface area (Å²) in [5.41, 5.74) is 0.0614. The summed E-state index contributed by atoms with van der Waals surface area (Å²) in [6, 6.07) is 3.26. The number of alkyl halides is 3. The molecule has 1 aromatic heterocycles. The van der Waals surface area contributed by atoms with Crippen molar-refractivity contribution < 1.29 is 27.3 Å². The van der Waals surface area contributed by atoms with Gasteiger partial charge in [-0.1, -0.05) is 0 Å². The van der Waals surface area contributed by atoms with Gasteiger partial charge in [0.1, 0.15) is 11.6 Å². The van der Waals surface area contributed by atoms with Crippen LogP contribution in [0.1, 0.15) is 10.6 Å². The van der Waals surface area contributed by atoms with Crippen molar-refractivity contribution in [2.75, 3.05) is 32.7 Å². The van der Waals surface area contributed by atoms with Crippen molar-refractivity contribution in [3.63, 3.8) is 0 Å². The minimum Gasteiger partial charge on any atom is -0.451 e. The Balaban J connectivity index is 1.71. The van der Waals surface area contributed by atoms with E-state index in [1.54, 1.807) is 0 Å². The van der Waals surface area contributed by atoms with Crippen LogP contribution in [0, 0.1) is 10.1 Å². The van der Waals surface area contributed by atoms with Gasteiger partial charge in [-0.15, -0.1) is 0 Å². The Labute approximate surface area is 151 Å². The maximum absolute atomic E-state index is 13.3. The number of nitrogens with zero attached hydrogens (tertiary/aromatic N) is 2. The fourth-order valence-electron chi connectivity index (χ4n) is 2.98. The zero-order valence-corrected chi connectivity index (χ0v) is 14.1. The molecule has 1 fully saturated rings. The van der Waals surface area contributed by atoms with Crippen LogP contribution in [0.5, 0.6) is 0 Å². The van der Waals surface area contributed by atoms with Crippen LogP contribution in [0.3, 0.4) is 0 Å². The maximum Gasteiger partial charge on any atom is 0.405 e. The Kier molecular flexibility index (Phi) is 5.33. The molecule has 1 amide bonds. The van der Waals surface area contributed by atoms with E-state index < -0.39 is 29.6 Å². The number of amides is 1. The molecule has 27 heavy (non-hydrogen) atoms. The monoisotopic (exact) mass is 386 g/mol. The van der Waals surface area contributed by atoms with Gasteiger partial charge in [0.05, 0.1) is 4.92 Å². The van der Waals surface area contributed by atoms with Crippen LogP contribution in [0.15, 0.2) is 28.7 Å². The molecule has 8 nitrogen and oxygen atoms in total. The van der Waals surface area contributed by atoms with E-state index in [1.807, 2.05) is 0 Å². The fraction of sp³-hybridized carbons (Fsp3) is 0.438. The number of nitrogens with one attached hydrogen (secondary N) is 2. The molecule has 2 aromatic rings. The van der Waals surface area contributed by atoms with Gasteiger partial charge in [0.2, 0.25) is 0 Å². The second-order valence-corrected chi connectivity index (χ2v) is 6.14. The summed E-state index contributed by atoms with van der Waals surface area (Å²) in [5.74, 6) is -1.01. The molecule has 0 radical (unpaired) electrons. The zero-order valence-electron chi connectivity index (χ0n) is 14.1. The number of non-ortho nitro benzene ring substituents is 1. The van der Waals surface area contributed by atoms with Crippen molar-refractivity contribution in [3.05, 3.63) is 40.1 Å². The fourth-order valence-corrected chi connectivity index (χ4v) is 2.98. The Morgan fingerprint density at radius 2 is 2.04 bits per heavy atom. The van der Waals surface area contributed by atoms with Gasteiger partial charge in [0, 0.05) is 50.2 Å². The number of carbonyl (C=O) groups is 1. The number of benzene rings is 1. The summed E-state index contributed by atoms with van der Waals surface area (Å²) in [6.07, 6.45) is -4.49. The molecular formula is C16H17F3N4O4. The van der Waals surface area contributed by atoms with Crippen LogP contribution >= 0.6 is 0 Å². The third-order valence-corrected chi connectivity index (χ3v) is 4.36. The lowest BCUT2D eigenvalue weighted by Gasteiger charge is -2.35. The highest BCUT2D eigenvalue weighted by atomic mass is 19.4. The lowest BCUT2D eigenvalue weighted by molar-refractivity contribution is -0.384. The van der Waals surface area contributed by atoms with Crippen molar-refractivity contribution >= 4 is 22.6 Å². The lowest BCUT2D eigenvalue weighted by atomic mass is 10.2. The van der Waals surface area contributed by atoms with E-state index in [0.29, 0.717) is 18.5 Å². The molecule has 3 rings (SSSR count). The van der Waals surface area contributed by atoms with Gasteiger partial charge in [-0.3, -0.25) is 19.8 Å². The first-order valence-electron chi connectivity index (χ1n) is 8.23. The summed E-state index contributed by atoms with van der Waals surface area (Å²) < 4.78 is 45.3. The number of fused-ring (bicyclic) bond motifs is 1. The standard InChI is InChI=1S/C16H17F3N4O4/c17-16(18,19)14(22-5-3-20-4-6-22)9-21-15(24)13-8-10-7-11(23(25)26)1-2-12(10)27-13/h1-2,7-8,14,20H,3-6,9H2,(H,21,24). The number of carbonyl (C=O) groups excluding carboxylic acids is 1. The Hall–Kier alpha value is -2.66. The van der Waals surface area contributed by atoms with E-state index in [1.165, 1.54) is 29.2 Å². The molecule has 1 aliphatic rings. The van der Waals surface area contributed by atoms with E-state index in [9.17, 15) is 28.1 Å². The van der Waals surface area contributed by atoms with Gasteiger partial charge in [-0.2, -0.15) is 13.2 Å².